The molecule has 1 atom stereocenters. The van der Waals surface area contributed by atoms with Crippen molar-refractivity contribution in [3.8, 4) is 5.75 Å². The minimum Gasteiger partial charge on any atom is -0.493 e. The molecule has 2 heterocycles. The van der Waals surface area contributed by atoms with Crippen LogP contribution in [-0.4, -0.2) is 18.1 Å². The SMILES string of the molecule is CCNC(c1ccc2c(c1)CCO2)c1nccs1. The van der Waals surface area contributed by atoms with Crippen molar-refractivity contribution in [2.24, 2.45) is 0 Å². The van der Waals surface area contributed by atoms with Crippen molar-refractivity contribution in [3.63, 3.8) is 0 Å². The lowest BCUT2D eigenvalue weighted by molar-refractivity contribution is 0.357. The van der Waals surface area contributed by atoms with E-state index in [1.54, 1.807) is 11.3 Å². The molecule has 0 radical (unpaired) electrons. The van der Waals surface area contributed by atoms with E-state index in [0.29, 0.717) is 0 Å². The van der Waals surface area contributed by atoms with E-state index in [0.717, 1.165) is 30.3 Å². The summed E-state index contributed by atoms with van der Waals surface area (Å²) in [5, 5.41) is 6.64. The highest BCUT2D eigenvalue weighted by atomic mass is 32.1. The minimum atomic E-state index is 0.195. The number of fused-ring (bicyclic) bond motifs is 1. The summed E-state index contributed by atoms with van der Waals surface area (Å²) in [6.45, 7) is 3.86. The van der Waals surface area contributed by atoms with Crippen LogP contribution in [0.5, 0.6) is 5.75 Å². The molecule has 0 fully saturated rings. The molecule has 4 heteroatoms. The van der Waals surface area contributed by atoms with Crippen LogP contribution in [0.4, 0.5) is 0 Å². The van der Waals surface area contributed by atoms with Gasteiger partial charge < -0.3 is 10.1 Å². The number of ether oxygens (including phenoxy) is 1. The maximum atomic E-state index is 5.55. The van der Waals surface area contributed by atoms with Crippen molar-refractivity contribution in [1.29, 1.82) is 0 Å². The molecule has 1 aliphatic heterocycles. The van der Waals surface area contributed by atoms with Crippen LogP contribution in [0.1, 0.15) is 29.1 Å². The highest BCUT2D eigenvalue weighted by Gasteiger charge is 2.19. The lowest BCUT2D eigenvalue weighted by Gasteiger charge is -2.16. The van der Waals surface area contributed by atoms with Gasteiger partial charge in [0.1, 0.15) is 10.8 Å². The van der Waals surface area contributed by atoms with Crippen LogP contribution in [0.2, 0.25) is 0 Å². The summed E-state index contributed by atoms with van der Waals surface area (Å²) in [5.41, 5.74) is 2.59. The first-order chi connectivity index (χ1) is 8.88. The minimum absolute atomic E-state index is 0.195. The largest absolute Gasteiger partial charge is 0.493 e. The molecule has 0 saturated carbocycles. The van der Waals surface area contributed by atoms with Crippen molar-refractivity contribution in [1.82, 2.24) is 10.3 Å². The Morgan fingerprint density at radius 1 is 1.50 bits per heavy atom. The molecule has 1 aromatic carbocycles. The zero-order chi connectivity index (χ0) is 12.4. The summed E-state index contributed by atoms with van der Waals surface area (Å²) in [6.07, 6.45) is 2.88. The van der Waals surface area contributed by atoms with Gasteiger partial charge in [0.15, 0.2) is 0 Å². The molecule has 1 N–H and O–H groups in total. The van der Waals surface area contributed by atoms with Gasteiger partial charge in [-0.2, -0.15) is 0 Å². The van der Waals surface area contributed by atoms with Gasteiger partial charge in [-0.25, -0.2) is 4.98 Å². The summed E-state index contributed by atoms with van der Waals surface area (Å²) in [6, 6.07) is 6.66. The Morgan fingerprint density at radius 2 is 2.44 bits per heavy atom. The first-order valence-corrected chi connectivity index (χ1v) is 7.15. The Bertz CT molecular complexity index is 525. The first-order valence-electron chi connectivity index (χ1n) is 6.27. The van der Waals surface area contributed by atoms with Crippen LogP contribution in [0.25, 0.3) is 0 Å². The lowest BCUT2D eigenvalue weighted by atomic mass is 10.0. The molecule has 1 aliphatic rings. The number of thiazole rings is 1. The summed E-state index contributed by atoms with van der Waals surface area (Å²) in [5.74, 6) is 1.04. The molecule has 0 aliphatic carbocycles. The van der Waals surface area contributed by atoms with Crippen LogP contribution in [0, 0.1) is 0 Å². The predicted octanol–water partition coefficient (Wildman–Crippen LogP) is 2.78. The highest BCUT2D eigenvalue weighted by Crippen LogP contribution is 2.31. The molecule has 1 unspecified atom stereocenters. The van der Waals surface area contributed by atoms with Gasteiger partial charge in [0.2, 0.25) is 0 Å². The summed E-state index contributed by atoms with van der Waals surface area (Å²) >= 11 is 1.69. The number of rotatable bonds is 4. The highest BCUT2D eigenvalue weighted by molar-refractivity contribution is 7.09. The Balaban J connectivity index is 1.95. The fraction of sp³-hybridized carbons (Fsp3) is 0.357. The summed E-state index contributed by atoms with van der Waals surface area (Å²) < 4.78 is 5.55. The standard InChI is InChI=1S/C14H16N2OS/c1-2-15-13(14-16-6-8-18-14)11-3-4-12-10(9-11)5-7-17-12/h3-4,6,8-9,13,15H,2,5,7H2,1H3. The maximum absolute atomic E-state index is 5.55. The molecule has 18 heavy (non-hydrogen) atoms. The van der Waals surface area contributed by atoms with Crippen LogP contribution in [0.15, 0.2) is 29.8 Å². The molecule has 3 rings (SSSR count). The van der Waals surface area contributed by atoms with Gasteiger partial charge in [-0.1, -0.05) is 13.0 Å². The zero-order valence-corrected chi connectivity index (χ0v) is 11.2. The summed E-state index contributed by atoms with van der Waals surface area (Å²) in [4.78, 5) is 4.43. The van der Waals surface area contributed by atoms with Crippen LogP contribution >= 0.6 is 11.3 Å². The number of hydrogen-bond acceptors (Lipinski definition) is 4. The topological polar surface area (TPSA) is 34.1 Å². The van der Waals surface area contributed by atoms with Gasteiger partial charge in [-0.05, 0) is 29.8 Å². The monoisotopic (exact) mass is 260 g/mol. The molecule has 2 aromatic rings. The van der Waals surface area contributed by atoms with E-state index in [1.165, 1.54) is 11.1 Å². The molecular formula is C14H16N2OS. The Labute approximate surface area is 111 Å². The molecule has 0 amide bonds. The third-order valence-corrected chi connectivity index (χ3v) is 3.99. The number of nitrogens with one attached hydrogen (secondary N) is 1. The van der Waals surface area contributed by atoms with Gasteiger partial charge in [-0.3, -0.25) is 0 Å². The van der Waals surface area contributed by atoms with Crippen molar-refractivity contribution in [3.05, 3.63) is 45.9 Å². The van der Waals surface area contributed by atoms with Gasteiger partial charge in [-0.15, -0.1) is 11.3 Å². The molecule has 94 valence electrons. The van der Waals surface area contributed by atoms with E-state index < -0.39 is 0 Å². The van der Waals surface area contributed by atoms with E-state index in [9.17, 15) is 0 Å². The second-order valence-corrected chi connectivity index (χ2v) is 5.25. The van der Waals surface area contributed by atoms with Crippen molar-refractivity contribution < 1.29 is 4.74 Å². The molecule has 3 nitrogen and oxygen atoms in total. The average Bonchev–Trinajstić information content (AvgIpc) is 3.05. The van der Waals surface area contributed by atoms with E-state index in [-0.39, 0.29) is 6.04 Å². The third kappa shape index (κ3) is 2.13. The van der Waals surface area contributed by atoms with E-state index in [2.05, 4.69) is 35.4 Å². The number of nitrogens with zero attached hydrogens (tertiary/aromatic N) is 1. The van der Waals surface area contributed by atoms with Crippen LogP contribution in [-0.2, 0) is 6.42 Å². The van der Waals surface area contributed by atoms with Gasteiger partial charge in [0.05, 0.1) is 12.6 Å². The smallest absolute Gasteiger partial charge is 0.122 e. The van der Waals surface area contributed by atoms with Crippen LogP contribution < -0.4 is 10.1 Å². The first kappa shape index (κ1) is 11.7. The molecule has 0 spiro atoms. The Morgan fingerprint density at radius 3 is 3.22 bits per heavy atom. The fourth-order valence-corrected chi connectivity index (χ4v) is 3.05. The Kier molecular flexibility index (Phi) is 3.30. The van der Waals surface area contributed by atoms with Gasteiger partial charge in [0, 0.05) is 18.0 Å². The number of benzene rings is 1. The van der Waals surface area contributed by atoms with Crippen molar-refractivity contribution >= 4 is 11.3 Å². The Hall–Kier alpha value is -1.39. The molecular weight excluding hydrogens is 244 g/mol. The van der Waals surface area contributed by atoms with Crippen LogP contribution in [0.3, 0.4) is 0 Å². The third-order valence-electron chi connectivity index (χ3n) is 3.15. The second kappa shape index (κ2) is 5.08. The number of hydrogen-bond donors (Lipinski definition) is 1. The summed E-state index contributed by atoms with van der Waals surface area (Å²) in [7, 11) is 0. The molecule has 0 bridgehead atoms. The van der Waals surface area contributed by atoms with Gasteiger partial charge in [0.25, 0.3) is 0 Å². The van der Waals surface area contributed by atoms with E-state index in [4.69, 9.17) is 4.74 Å². The zero-order valence-electron chi connectivity index (χ0n) is 10.3. The molecule has 0 saturated heterocycles. The van der Waals surface area contributed by atoms with Crippen molar-refractivity contribution in [2.45, 2.75) is 19.4 Å². The second-order valence-electron chi connectivity index (χ2n) is 4.33. The number of aromatic nitrogens is 1. The normalized spacial score (nSPS) is 15.2. The fourth-order valence-electron chi connectivity index (χ4n) is 2.31. The maximum Gasteiger partial charge on any atom is 0.122 e. The quantitative estimate of drug-likeness (QED) is 0.918. The molecule has 1 aromatic heterocycles. The van der Waals surface area contributed by atoms with E-state index in [1.807, 2.05) is 11.6 Å². The van der Waals surface area contributed by atoms with Crippen molar-refractivity contribution in [2.75, 3.05) is 13.2 Å². The van der Waals surface area contributed by atoms with E-state index >= 15 is 0 Å². The van der Waals surface area contributed by atoms with Gasteiger partial charge >= 0.3 is 0 Å². The lowest BCUT2D eigenvalue weighted by Crippen LogP contribution is -2.21. The average molecular weight is 260 g/mol. The predicted molar refractivity (Wildman–Crippen MR) is 73.3 cm³/mol.